The highest BCUT2D eigenvalue weighted by Crippen LogP contribution is 2.35. The summed E-state index contributed by atoms with van der Waals surface area (Å²) in [6, 6.07) is 2.70. The van der Waals surface area contributed by atoms with E-state index in [-0.39, 0.29) is 16.9 Å². The molecule has 2 N–H and O–H groups in total. The Morgan fingerprint density at radius 3 is 2.52 bits per heavy atom. The second-order valence-corrected chi connectivity index (χ2v) is 5.57. The molecule has 0 radical (unpaired) electrons. The van der Waals surface area contributed by atoms with Gasteiger partial charge in [-0.25, -0.2) is 4.79 Å². The Bertz CT molecular complexity index is 847. The van der Waals surface area contributed by atoms with Gasteiger partial charge in [0, 0.05) is 12.6 Å². The van der Waals surface area contributed by atoms with Crippen LogP contribution in [0.15, 0.2) is 18.2 Å². The summed E-state index contributed by atoms with van der Waals surface area (Å²) in [4.78, 5) is 24.0. The fraction of sp³-hybridized carbons (Fsp3) is 0.267. The van der Waals surface area contributed by atoms with Crippen LogP contribution in [0.3, 0.4) is 0 Å². The first-order valence-corrected chi connectivity index (χ1v) is 7.26. The molecule has 1 heterocycles. The van der Waals surface area contributed by atoms with Crippen LogP contribution in [0.5, 0.6) is 0 Å². The average Bonchev–Trinajstić information content (AvgIpc) is 2.76. The van der Waals surface area contributed by atoms with Crippen molar-refractivity contribution in [3.05, 3.63) is 45.6 Å². The number of nitrogens with two attached hydrogens (primary N) is 1. The number of ether oxygens (including phenoxy) is 1. The smallest absolute Gasteiger partial charge is 0.417 e. The molecule has 0 aliphatic heterocycles. The van der Waals surface area contributed by atoms with E-state index in [0.717, 1.165) is 12.1 Å². The summed E-state index contributed by atoms with van der Waals surface area (Å²) >= 11 is 5.49. The molecule has 2 rings (SSSR count). The number of benzene rings is 1. The fourth-order valence-electron chi connectivity index (χ4n) is 2.13. The second-order valence-electron chi connectivity index (χ2n) is 5.16. The van der Waals surface area contributed by atoms with Gasteiger partial charge in [-0.3, -0.25) is 9.48 Å². The predicted octanol–water partition coefficient (Wildman–Crippen LogP) is 3.02. The van der Waals surface area contributed by atoms with Gasteiger partial charge in [-0.05, 0) is 25.1 Å². The van der Waals surface area contributed by atoms with Crippen LogP contribution in [0.2, 0.25) is 5.02 Å². The molecule has 0 bridgehead atoms. The summed E-state index contributed by atoms with van der Waals surface area (Å²) in [6.45, 7) is 0.787. The number of hydrogen-bond donors (Lipinski definition) is 1. The van der Waals surface area contributed by atoms with Crippen LogP contribution in [0, 0.1) is 6.92 Å². The van der Waals surface area contributed by atoms with Gasteiger partial charge < -0.3 is 10.5 Å². The third-order valence-electron chi connectivity index (χ3n) is 3.40. The van der Waals surface area contributed by atoms with Gasteiger partial charge in [0.1, 0.15) is 11.4 Å². The fourth-order valence-corrected chi connectivity index (χ4v) is 2.36. The van der Waals surface area contributed by atoms with Gasteiger partial charge in [-0.1, -0.05) is 11.6 Å². The molecule has 2 aromatic rings. The molecule has 0 atom stereocenters. The number of rotatable bonds is 4. The molecule has 10 heteroatoms. The van der Waals surface area contributed by atoms with Crippen molar-refractivity contribution >= 4 is 29.2 Å². The van der Waals surface area contributed by atoms with Crippen molar-refractivity contribution in [3.8, 4) is 0 Å². The first kappa shape index (κ1) is 18.8. The summed E-state index contributed by atoms with van der Waals surface area (Å²) in [7, 11) is 1.52. The molecule has 0 saturated heterocycles. The monoisotopic (exact) mass is 375 g/mol. The topological polar surface area (TPSA) is 87.2 Å². The van der Waals surface area contributed by atoms with Crippen molar-refractivity contribution in [1.29, 1.82) is 0 Å². The van der Waals surface area contributed by atoms with E-state index in [4.69, 9.17) is 22.1 Å². The minimum atomic E-state index is -4.70. The largest absolute Gasteiger partial charge is 0.454 e. The lowest BCUT2D eigenvalue weighted by Crippen LogP contribution is -2.17. The van der Waals surface area contributed by atoms with Crippen molar-refractivity contribution in [3.63, 3.8) is 0 Å². The summed E-state index contributed by atoms with van der Waals surface area (Å²) in [5.74, 6) is -1.64. The van der Waals surface area contributed by atoms with Crippen LogP contribution in [0.4, 0.5) is 19.0 Å². The predicted molar refractivity (Wildman–Crippen MR) is 83.4 cm³/mol. The van der Waals surface area contributed by atoms with Crippen LogP contribution in [0.25, 0.3) is 0 Å². The number of hydrogen-bond acceptors (Lipinski definition) is 5. The first-order chi connectivity index (χ1) is 11.5. The molecular formula is C15H13ClF3N3O3. The number of aryl methyl sites for hydroxylation is 2. The molecule has 6 nitrogen and oxygen atoms in total. The highest BCUT2D eigenvalue weighted by molar-refractivity contribution is 6.31. The Morgan fingerprint density at radius 2 is 2.00 bits per heavy atom. The van der Waals surface area contributed by atoms with E-state index in [1.165, 1.54) is 18.7 Å². The zero-order chi connectivity index (χ0) is 18.9. The Hall–Kier alpha value is -2.55. The Labute approximate surface area is 145 Å². The zero-order valence-corrected chi connectivity index (χ0v) is 13.9. The summed E-state index contributed by atoms with van der Waals surface area (Å²) in [6.07, 6.45) is -4.70. The van der Waals surface area contributed by atoms with Crippen molar-refractivity contribution in [1.82, 2.24) is 9.78 Å². The normalized spacial score (nSPS) is 11.4. The van der Waals surface area contributed by atoms with Crippen LogP contribution >= 0.6 is 11.6 Å². The van der Waals surface area contributed by atoms with E-state index in [2.05, 4.69) is 5.10 Å². The Morgan fingerprint density at radius 1 is 1.36 bits per heavy atom. The van der Waals surface area contributed by atoms with E-state index in [1.807, 2.05) is 0 Å². The number of carbonyl (C=O) groups is 2. The number of carbonyl (C=O) groups excluding carboxylic acids is 2. The van der Waals surface area contributed by atoms with Gasteiger partial charge in [-0.15, -0.1) is 0 Å². The second kappa shape index (κ2) is 6.75. The number of nitrogens with zero attached hydrogens (tertiary/aromatic N) is 2. The maximum absolute atomic E-state index is 12.8. The van der Waals surface area contributed by atoms with Crippen LogP contribution in [-0.4, -0.2) is 28.1 Å². The number of ketones is 1. The molecule has 0 fully saturated rings. The lowest BCUT2D eigenvalue weighted by molar-refractivity contribution is -0.137. The molecule has 0 aliphatic carbocycles. The number of aromatic nitrogens is 2. The van der Waals surface area contributed by atoms with Gasteiger partial charge in [0.05, 0.1) is 16.3 Å². The van der Waals surface area contributed by atoms with Gasteiger partial charge in [0.15, 0.2) is 12.4 Å². The van der Waals surface area contributed by atoms with Crippen molar-refractivity contribution in [2.45, 2.75) is 13.1 Å². The van der Waals surface area contributed by atoms with Gasteiger partial charge in [-0.2, -0.15) is 18.3 Å². The SMILES string of the molecule is Cc1nn(C)c(N)c1C(=O)OCC(=O)c1ccc(Cl)c(C(F)(F)F)c1. The Balaban J connectivity index is 2.14. The number of Topliss-reactive ketones (excluding diaryl/α,β-unsaturated/α-hetero) is 1. The highest BCUT2D eigenvalue weighted by atomic mass is 35.5. The summed E-state index contributed by atoms with van der Waals surface area (Å²) < 4.78 is 44.5. The van der Waals surface area contributed by atoms with Gasteiger partial charge in [0.25, 0.3) is 0 Å². The third-order valence-corrected chi connectivity index (χ3v) is 3.73. The molecule has 25 heavy (non-hydrogen) atoms. The minimum absolute atomic E-state index is 0.00221. The average molecular weight is 376 g/mol. The minimum Gasteiger partial charge on any atom is -0.454 e. The van der Waals surface area contributed by atoms with Crippen molar-refractivity contribution in [2.24, 2.45) is 7.05 Å². The Kier molecular flexibility index (Phi) is 5.07. The van der Waals surface area contributed by atoms with Gasteiger partial charge in [0.2, 0.25) is 0 Å². The zero-order valence-electron chi connectivity index (χ0n) is 13.1. The number of halogens is 4. The number of nitrogen functional groups attached to an aromatic ring is 1. The van der Waals surface area contributed by atoms with E-state index >= 15 is 0 Å². The number of alkyl halides is 3. The molecule has 0 spiro atoms. The molecule has 0 unspecified atom stereocenters. The van der Waals surface area contributed by atoms with Crippen molar-refractivity contribution < 1.29 is 27.5 Å². The van der Waals surface area contributed by atoms with Crippen LogP contribution < -0.4 is 5.73 Å². The molecule has 0 aliphatic rings. The molecule has 0 amide bonds. The van der Waals surface area contributed by atoms with Gasteiger partial charge >= 0.3 is 12.1 Å². The maximum atomic E-state index is 12.8. The first-order valence-electron chi connectivity index (χ1n) is 6.88. The molecular weight excluding hydrogens is 363 g/mol. The molecule has 0 saturated carbocycles. The molecule has 1 aromatic heterocycles. The third kappa shape index (κ3) is 3.93. The summed E-state index contributed by atoms with van der Waals surface area (Å²) in [5, 5.41) is 3.40. The summed E-state index contributed by atoms with van der Waals surface area (Å²) in [5.41, 5.74) is 4.57. The lowest BCUT2D eigenvalue weighted by Gasteiger charge is -2.10. The lowest BCUT2D eigenvalue weighted by atomic mass is 10.1. The van der Waals surface area contributed by atoms with E-state index in [1.54, 1.807) is 0 Å². The van der Waals surface area contributed by atoms with Crippen LogP contribution in [0.1, 0.15) is 32.0 Å². The standard InChI is InChI=1S/C15H13ClF3N3O3/c1-7-12(13(20)22(2)21-7)14(24)25-6-11(23)8-3-4-10(16)9(5-8)15(17,18)19/h3-5H,6,20H2,1-2H3. The number of anilines is 1. The number of esters is 1. The maximum Gasteiger partial charge on any atom is 0.417 e. The molecule has 1 aromatic carbocycles. The van der Waals surface area contributed by atoms with E-state index in [9.17, 15) is 22.8 Å². The highest BCUT2D eigenvalue weighted by Gasteiger charge is 2.34. The van der Waals surface area contributed by atoms with Crippen LogP contribution in [-0.2, 0) is 18.0 Å². The van der Waals surface area contributed by atoms with E-state index < -0.39 is 35.1 Å². The molecule has 134 valence electrons. The van der Waals surface area contributed by atoms with E-state index in [0.29, 0.717) is 11.8 Å². The quantitative estimate of drug-likeness (QED) is 0.655. The van der Waals surface area contributed by atoms with Crippen molar-refractivity contribution in [2.75, 3.05) is 12.3 Å².